The number of carbonyl (C=O) groups excluding carboxylic acids is 2. The molecule has 2 aromatic rings. The normalized spacial score (nSPS) is 19.4. The number of Topliss-reactive ketones (excluding diaryl/α,β-unsaturated/α-hetero) is 1. The molecule has 4 rings (SSSR count). The average Bonchev–Trinajstić information content (AvgIpc) is 3.22. The molecule has 2 aliphatic heterocycles. The predicted molar refractivity (Wildman–Crippen MR) is 147 cm³/mol. The number of benzene rings is 2. The topological polar surface area (TPSA) is 97.8 Å². The largest absolute Gasteiger partial charge is 0.507 e. The molecule has 0 aliphatic carbocycles. The molecule has 2 aliphatic rings. The Morgan fingerprint density at radius 1 is 0.974 bits per heavy atom. The van der Waals surface area contributed by atoms with Gasteiger partial charge in [-0.3, -0.25) is 14.5 Å². The Morgan fingerprint density at radius 3 is 2.36 bits per heavy atom. The number of ketones is 1. The molecule has 0 aromatic heterocycles. The molecule has 0 radical (unpaired) electrons. The monoisotopic (exact) mass is 538 g/mol. The number of ether oxygens (including phenoxy) is 4. The molecule has 9 nitrogen and oxygen atoms in total. The maximum absolute atomic E-state index is 13.4. The van der Waals surface area contributed by atoms with E-state index < -0.39 is 17.7 Å². The quantitative estimate of drug-likeness (QED) is 0.187. The van der Waals surface area contributed by atoms with Gasteiger partial charge in [0, 0.05) is 37.3 Å². The van der Waals surface area contributed by atoms with Gasteiger partial charge in [-0.25, -0.2) is 0 Å². The van der Waals surface area contributed by atoms with Crippen LogP contribution in [0.3, 0.4) is 0 Å². The molecule has 0 spiro atoms. The summed E-state index contributed by atoms with van der Waals surface area (Å²) in [5.74, 6) is 0.114. The second-order valence-electron chi connectivity index (χ2n) is 9.63. The molecule has 0 bridgehead atoms. The number of aliphatic hydroxyl groups excluding tert-OH is 1. The van der Waals surface area contributed by atoms with E-state index >= 15 is 0 Å². The molecule has 1 N–H and O–H groups in total. The van der Waals surface area contributed by atoms with E-state index in [9.17, 15) is 14.7 Å². The number of methoxy groups -OCH3 is 2. The van der Waals surface area contributed by atoms with Gasteiger partial charge in [-0.05, 0) is 55.3 Å². The van der Waals surface area contributed by atoms with Crippen LogP contribution < -0.4 is 14.2 Å². The van der Waals surface area contributed by atoms with Crippen molar-refractivity contribution in [3.63, 3.8) is 0 Å². The SMILES string of the molecule is CCCCOc1ccc(/C(O)=C2\C(=O)C(=O)N(CCCN3CCOCC3)C2c2cc(OC)ccc2OC)cc1. The number of likely N-dealkylation sites (tertiary alicyclic amines) is 1. The van der Waals surface area contributed by atoms with Crippen LogP contribution >= 0.6 is 0 Å². The van der Waals surface area contributed by atoms with Gasteiger partial charge in [-0.1, -0.05) is 13.3 Å². The number of nitrogens with zero attached hydrogens (tertiary/aromatic N) is 2. The summed E-state index contributed by atoms with van der Waals surface area (Å²) in [6.45, 7) is 6.86. The predicted octanol–water partition coefficient (Wildman–Crippen LogP) is 4.03. The van der Waals surface area contributed by atoms with E-state index in [-0.39, 0.29) is 11.3 Å². The Hall–Kier alpha value is -3.56. The molecule has 210 valence electrons. The van der Waals surface area contributed by atoms with Crippen LogP contribution in [0, 0.1) is 0 Å². The molecule has 39 heavy (non-hydrogen) atoms. The molecule has 2 aromatic carbocycles. The Morgan fingerprint density at radius 2 is 1.69 bits per heavy atom. The smallest absolute Gasteiger partial charge is 0.295 e. The molecule has 1 amide bonds. The van der Waals surface area contributed by atoms with Crippen molar-refractivity contribution in [1.82, 2.24) is 9.80 Å². The maximum Gasteiger partial charge on any atom is 0.295 e. The van der Waals surface area contributed by atoms with Gasteiger partial charge in [0.25, 0.3) is 11.7 Å². The van der Waals surface area contributed by atoms with Crippen LogP contribution in [0.1, 0.15) is 43.4 Å². The van der Waals surface area contributed by atoms with Crippen LogP contribution in [0.2, 0.25) is 0 Å². The first-order valence-electron chi connectivity index (χ1n) is 13.5. The molecule has 9 heteroatoms. The minimum atomic E-state index is -0.833. The van der Waals surface area contributed by atoms with E-state index in [2.05, 4.69) is 11.8 Å². The van der Waals surface area contributed by atoms with Crippen LogP contribution in [0.5, 0.6) is 17.2 Å². The number of morpholine rings is 1. The Bertz CT molecular complexity index is 1170. The molecule has 2 heterocycles. The third-order valence-corrected chi connectivity index (χ3v) is 7.14. The summed E-state index contributed by atoms with van der Waals surface area (Å²) in [6.07, 6.45) is 2.64. The summed E-state index contributed by atoms with van der Waals surface area (Å²) in [7, 11) is 3.09. The number of carbonyl (C=O) groups is 2. The molecular weight excluding hydrogens is 500 g/mol. The van der Waals surface area contributed by atoms with E-state index in [1.165, 1.54) is 12.0 Å². The number of hydrogen-bond acceptors (Lipinski definition) is 8. The molecule has 1 atom stereocenters. The van der Waals surface area contributed by atoms with Crippen LogP contribution in [-0.2, 0) is 14.3 Å². The van der Waals surface area contributed by atoms with Gasteiger partial charge < -0.3 is 29.0 Å². The highest BCUT2D eigenvalue weighted by molar-refractivity contribution is 6.46. The van der Waals surface area contributed by atoms with Crippen molar-refractivity contribution in [1.29, 1.82) is 0 Å². The van der Waals surface area contributed by atoms with Gasteiger partial charge in [0.2, 0.25) is 0 Å². The summed E-state index contributed by atoms with van der Waals surface area (Å²) >= 11 is 0. The van der Waals surface area contributed by atoms with Gasteiger partial charge in [0.15, 0.2) is 0 Å². The third kappa shape index (κ3) is 6.54. The highest BCUT2D eigenvalue weighted by Gasteiger charge is 2.47. The first-order valence-corrected chi connectivity index (χ1v) is 13.5. The molecule has 2 saturated heterocycles. The number of aliphatic hydroxyl groups is 1. The Labute approximate surface area is 229 Å². The number of hydrogen-bond donors (Lipinski definition) is 1. The van der Waals surface area contributed by atoms with Crippen molar-refractivity contribution in [3.8, 4) is 17.2 Å². The molecule has 0 saturated carbocycles. The fourth-order valence-electron chi connectivity index (χ4n) is 4.98. The summed E-state index contributed by atoms with van der Waals surface area (Å²) in [6, 6.07) is 11.3. The first kappa shape index (κ1) is 28.4. The average molecular weight is 539 g/mol. The van der Waals surface area contributed by atoms with E-state index in [4.69, 9.17) is 18.9 Å². The zero-order valence-corrected chi connectivity index (χ0v) is 23.0. The number of amides is 1. The highest BCUT2D eigenvalue weighted by atomic mass is 16.5. The van der Waals surface area contributed by atoms with E-state index in [1.54, 1.807) is 49.6 Å². The van der Waals surface area contributed by atoms with Crippen LogP contribution in [0.15, 0.2) is 48.0 Å². The molecular formula is C30H38N2O7. The van der Waals surface area contributed by atoms with Crippen molar-refractivity contribution in [3.05, 3.63) is 59.2 Å². The van der Waals surface area contributed by atoms with Gasteiger partial charge in [-0.2, -0.15) is 0 Å². The Kier molecular flexibility index (Phi) is 9.84. The Balaban J connectivity index is 1.69. The van der Waals surface area contributed by atoms with Gasteiger partial charge >= 0.3 is 0 Å². The van der Waals surface area contributed by atoms with E-state index in [0.717, 1.165) is 32.5 Å². The third-order valence-electron chi connectivity index (χ3n) is 7.14. The summed E-state index contributed by atoms with van der Waals surface area (Å²) in [4.78, 5) is 30.6. The maximum atomic E-state index is 13.4. The fourth-order valence-corrected chi connectivity index (χ4v) is 4.98. The second kappa shape index (κ2) is 13.5. The van der Waals surface area contributed by atoms with E-state index in [1.807, 2.05) is 0 Å². The van der Waals surface area contributed by atoms with Crippen LogP contribution in [0.4, 0.5) is 0 Å². The van der Waals surface area contributed by atoms with Crippen molar-refractivity contribution in [2.45, 2.75) is 32.2 Å². The van der Waals surface area contributed by atoms with E-state index in [0.29, 0.717) is 61.2 Å². The zero-order valence-electron chi connectivity index (χ0n) is 23.0. The summed E-state index contributed by atoms with van der Waals surface area (Å²) in [5, 5.41) is 11.4. The standard InChI is InChI=1S/C30H38N2O7/c1-4-5-17-39-22-9-7-21(8-10-22)28(33)26-27(24-20-23(36-2)11-12-25(24)37-3)32(30(35)29(26)34)14-6-13-31-15-18-38-19-16-31/h7-12,20,27,33H,4-6,13-19H2,1-3H3/b28-26+. The van der Waals surface area contributed by atoms with Crippen molar-refractivity contribution >= 4 is 17.4 Å². The minimum absolute atomic E-state index is 0.0255. The van der Waals surface area contributed by atoms with Crippen molar-refractivity contribution in [2.75, 3.05) is 60.2 Å². The number of unbranched alkanes of at least 4 members (excludes halogenated alkanes) is 1. The first-order chi connectivity index (χ1) is 19.0. The lowest BCUT2D eigenvalue weighted by Gasteiger charge is -2.29. The summed E-state index contributed by atoms with van der Waals surface area (Å²) < 4.78 is 22.2. The van der Waals surface area contributed by atoms with Crippen molar-refractivity contribution < 1.29 is 33.6 Å². The lowest BCUT2D eigenvalue weighted by Crippen LogP contribution is -2.39. The number of rotatable bonds is 12. The molecule has 2 fully saturated rings. The fraction of sp³-hybridized carbons (Fsp3) is 0.467. The van der Waals surface area contributed by atoms with Gasteiger partial charge in [-0.15, -0.1) is 0 Å². The van der Waals surface area contributed by atoms with Gasteiger partial charge in [0.05, 0.1) is 45.7 Å². The second-order valence-corrected chi connectivity index (χ2v) is 9.63. The lowest BCUT2D eigenvalue weighted by atomic mass is 9.94. The molecule has 1 unspecified atom stereocenters. The van der Waals surface area contributed by atoms with Gasteiger partial charge in [0.1, 0.15) is 23.0 Å². The van der Waals surface area contributed by atoms with Crippen LogP contribution in [-0.4, -0.2) is 86.8 Å². The lowest BCUT2D eigenvalue weighted by molar-refractivity contribution is -0.140. The van der Waals surface area contributed by atoms with Crippen molar-refractivity contribution in [2.24, 2.45) is 0 Å². The summed E-state index contributed by atoms with van der Waals surface area (Å²) in [5.41, 5.74) is 1.03. The van der Waals surface area contributed by atoms with Crippen LogP contribution in [0.25, 0.3) is 5.76 Å². The zero-order chi connectivity index (χ0) is 27.8. The highest BCUT2D eigenvalue weighted by Crippen LogP contribution is 2.44. The minimum Gasteiger partial charge on any atom is -0.507 e.